The molecule has 0 saturated heterocycles. The fourth-order valence-corrected chi connectivity index (χ4v) is 0.843. The molecule has 1 rings (SSSR count). The predicted molar refractivity (Wildman–Crippen MR) is 54.1 cm³/mol. The van der Waals surface area contributed by atoms with Gasteiger partial charge in [-0.25, -0.2) is 4.39 Å². The minimum atomic E-state index is -1.65. The van der Waals surface area contributed by atoms with Crippen molar-refractivity contribution < 1.29 is 19.2 Å². The van der Waals surface area contributed by atoms with E-state index in [2.05, 4.69) is 4.74 Å². The van der Waals surface area contributed by atoms with Crippen molar-refractivity contribution in [2.45, 2.75) is 13.8 Å². The van der Waals surface area contributed by atoms with Crippen LogP contribution in [-0.2, 0) is 0 Å². The van der Waals surface area contributed by atoms with Crippen LogP contribution in [0.5, 0.6) is 5.75 Å². The van der Waals surface area contributed by atoms with E-state index in [1.807, 2.05) is 13.8 Å². The highest BCUT2D eigenvalue weighted by Crippen LogP contribution is 2.13. The van der Waals surface area contributed by atoms with E-state index in [-0.39, 0.29) is 11.2 Å². The van der Waals surface area contributed by atoms with Gasteiger partial charge in [0.1, 0.15) is 0 Å². The van der Waals surface area contributed by atoms with Crippen molar-refractivity contribution in [3.8, 4) is 5.75 Å². The Balaban J connectivity index is 0.000000791. The average molecular weight is 200 g/mol. The molecule has 0 amide bonds. The Morgan fingerprint density at radius 2 is 1.86 bits per heavy atom. The second-order valence-corrected chi connectivity index (χ2v) is 2.27. The van der Waals surface area contributed by atoms with Crippen LogP contribution in [0.2, 0.25) is 0 Å². The Kier molecular flexibility index (Phi) is 5.91. The number of rotatable bonds is 2. The number of hydrogen-bond acceptors (Lipinski definition) is 3. The molecule has 0 fully saturated rings. The molecule has 2 N–H and O–H groups in total. The van der Waals surface area contributed by atoms with Crippen LogP contribution in [0.25, 0.3) is 0 Å². The van der Waals surface area contributed by atoms with E-state index in [9.17, 15) is 4.39 Å². The lowest BCUT2D eigenvalue weighted by Crippen LogP contribution is -2.29. The van der Waals surface area contributed by atoms with Crippen LogP contribution in [0.1, 0.15) is 13.8 Å². The smallest absolute Gasteiger partial charge is 0.488 e. The Bertz CT molecular complexity index is 279. The van der Waals surface area contributed by atoms with Gasteiger partial charge in [0, 0.05) is 0 Å². The Morgan fingerprint density at radius 3 is 2.21 bits per heavy atom. The van der Waals surface area contributed by atoms with Crippen molar-refractivity contribution in [1.29, 1.82) is 0 Å². The Labute approximate surface area is 83.3 Å². The summed E-state index contributed by atoms with van der Waals surface area (Å²) in [7, 11) is -0.307. The minimum Gasteiger partial charge on any atom is -0.494 e. The van der Waals surface area contributed by atoms with Crippen LogP contribution in [0.15, 0.2) is 18.2 Å². The second kappa shape index (κ2) is 6.40. The van der Waals surface area contributed by atoms with Gasteiger partial charge >= 0.3 is 7.12 Å². The lowest BCUT2D eigenvalue weighted by Gasteiger charge is -2.03. The van der Waals surface area contributed by atoms with Gasteiger partial charge < -0.3 is 14.8 Å². The first-order valence-corrected chi connectivity index (χ1v) is 4.34. The zero-order valence-electron chi connectivity index (χ0n) is 8.49. The fraction of sp³-hybridized carbons (Fsp3) is 0.333. The summed E-state index contributed by atoms with van der Waals surface area (Å²) in [5.74, 6) is -0.525. The van der Waals surface area contributed by atoms with E-state index >= 15 is 0 Å². The highest BCUT2D eigenvalue weighted by atomic mass is 19.1. The molecule has 0 aromatic heterocycles. The molecule has 0 heterocycles. The maximum absolute atomic E-state index is 12.9. The van der Waals surface area contributed by atoms with Crippen molar-refractivity contribution >= 4 is 12.6 Å². The van der Waals surface area contributed by atoms with Gasteiger partial charge in [-0.2, -0.15) is 0 Å². The largest absolute Gasteiger partial charge is 0.494 e. The van der Waals surface area contributed by atoms with Crippen LogP contribution in [0.3, 0.4) is 0 Å². The van der Waals surface area contributed by atoms with E-state index in [1.54, 1.807) is 0 Å². The molecule has 0 aliphatic rings. The van der Waals surface area contributed by atoms with E-state index in [1.165, 1.54) is 19.2 Å². The third-order valence-electron chi connectivity index (χ3n) is 1.47. The topological polar surface area (TPSA) is 49.7 Å². The minimum absolute atomic E-state index is 0.0828. The number of halogens is 1. The van der Waals surface area contributed by atoms with Gasteiger partial charge in [0.2, 0.25) is 0 Å². The standard InChI is InChI=1S/C7H8BFO3.C2H6/c1-12-7-3-2-5(8(10)11)4-6(7)9;1-2/h2-4,10-11H,1H3;1-2H3. The number of hydrogen-bond donors (Lipinski definition) is 2. The molecule has 5 heteroatoms. The summed E-state index contributed by atoms with van der Waals surface area (Å²) in [6.07, 6.45) is 0. The highest BCUT2D eigenvalue weighted by molar-refractivity contribution is 6.58. The summed E-state index contributed by atoms with van der Waals surface area (Å²) in [5, 5.41) is 17.3. The monoisotopic (exact) mass is 200 g/mol. The summed E-state index contributed by atoms with van der Waals surface area (Å²) in [4.78, 5) is 0. The van der Waals surface area contributed by atoms with Gasteiger partial charge in [0.05, 0.1) is 7.11 Å². The molecule has 14 heavy (non-hydrogen) atoms. The normalized spacial score (nSPS) is 8.71. The molecule has 3 nitrogen and oxygen atoms in total. The Hall–Kier alpha value is -1.07. The fourth-order valence-electron chi connectivity index (χ4n) is 0.843. The number of methoxy groups -OCH3 is 1. The van der Waals surface area contributed by atoms with Gasteiger partial charge in [-0.1, -0.05) is 19.9 Å². The van der Waals surface area contributed by atoms with Crippen LogP contribution in [0, 0.1) is 5.82 Å². The summed E-state index contributed by atoms with van der Waals surface area (Å²) >= 11 is 0. The van der Waals surface area contributed by atoms with Gasteiger partial charge in [-0.05, 0) is 17.6 Å². The van der Waals surface area contributed by atoms with Crippen molar-refractivity contribution in [3.05, 3.63) is 24.0 Å². The first-order valence-electron chi connectivity index (χ1n) is 4.34. The molecule has 1 aromatic rings. The first-order chi connectivity index (χ1) is 6.65. The molecule has 0 saturated carbocycles. The SMILES string of the molecule is CC.COc1ccc(B(O)O)cc1F. The van der Waals surface area contributed by atoms with Crippen molar-refractivity contribution in [2.24, 2.45) is 0 Å². The molecule has 0 spiro atoms. The van der Waals surface area contributed by atoms with E-state index in [4.69, 9.17) is 10.0 Å². The third kappa shape index (κ3) is 3.36. The molecule has 0 aliphatic heterocycles. The Morgan fingerprint density at radius 1 is 1.29 bits per heavy atom. The van der Waals surface area contributed by atoms with E-state index in [0.717, 1.165) is 6.07 Å². The summed E-state index contributed by atoms with van der Waals surface area (Å²) in [5.41, 5.74) is 0.105. The third-order valence-corrected chi connectivity index (χ3v) is 1.47. The van der Waals surface area contributed by atoms with Crippen molar-refractivity contribution in [1.82, 2.24) is 0 Å². The van der Waals surface area contributed by atoms with E-state index in [0.29, 0.717) is 0 Å². The van der Waals surface area contributed by atoms with Crippen molar-refractivity contribution in [2.75, 3.05) is 7.11 Å². The first kappa shape index (κ1) is 12.9. The maximum Gasteiger partial charge on any atom is 0.488 e. The number of benzene rings is 1. The summed E-state index contributed by atoms with van der Waals surface area (Å²) in [6, 6.07) is 3.74. The maximum atomic E-state index is 12.9. The van der Waals surface area contributed by atoms with Crippen LogP contribution in [-0.4, -0.2) is 24.3 Å². The number of ether oxygens (including phenoxy) is 1. The zero-order valence-corrected chi connectivity index (χ0v) is 8.49. The van der Waals surface area contributed by atoms with Crippen LogP contribution in [0.4, 0.5) is 4.39 Å². The molecular weight excluding hydrogens is 186 g/mol. The predicted octanol–water partition coefficient (Wildman–Crippen LogP) is 0.540. The molecule has 0 radical (unpaired) electrons. The molecule has 0 aliphatic carbocycles. The van der Waals surface area contributed by atoms with Gasteiger partial charge in [-0.3, -0.25) is 0 Å². The highest BCUT2D eigenvalue weighted by Gasteiger charge is 2.13. The quantitative estimate of drug-likeness (QED) is 0.685. The lowest BCUT2D eigenvalue weighted by molar-refractivity contribution is 0.386. The second-order valence-electron chi connectivity index (χ2n) is 2.27. The molecule has 0 unspecified atom stereocenters. The zero-order chi connectivity index (χ0) is 11.1. The molecule has 0 atom stereocenters. The van der Waals surface area contributed by atoms with Crippen LogP contribution >= 0.6 is 0 Å². The summed E-state index contributed by atoms with van der Waals surface area (Å²) < 4.78 is 17.5. The summed E-state index contributed by atoms with van der Waals surface area (Å²) in [6.45, 7) is 4.00. The molecule has 78 valence electrons. The van der Waals surface area contributed by atoms with Gasteiger partial charge in [0.25, 0.3) is 0 Å². The van der Waals surface area contributed by atoms with Gasteiger partial charge in [-0.15, -0.1) is 0 Å². The molecule has 1 aromatic carbocycles. The van der Waals surface area contributed by atoms with Crippen molar-refractivity contribution in [3.63, 3.8) is 0 Å². The van der Waals surface area contributed by atoms with Gasteiger partial charge in [0.15, 0.2) is 11.6 Å². The average Bonchev–Trinajstić information content (AvgIpc) is 2.20. The molecular formula is C9H14BFO3. The lowest BCUT2D eigenvalue weighted by atomic mass is 9.80. The molecule has 0 bridgehead atoms. The van der Waals surface area contributed by atoms with Crippen LogP contribution < -0.4 is 10.2 Å². The van der Waals surface area contributed by atoms with E-state index < -0.39 is 12.9 Å².